The summed E-state index contributed by atoms with van der Waals surface area (Å²) in [5, 5.41) is 0. The number of nitrogens with one attached hydrogen (secondary N) is 1. The van der Waals surface area contributed by atoms with Gasteiger partial charge in [-0.2, -0.15) is 0 Å². The molecule has 1 aromatic heterocycles. The molecule has 5 nitrogen and oxygen atoms in total. The fourth-order valence-corrected chi connectivity index (χ4v) is 2.07. The number of methoxy groups -OCH3 is 1. The van der Waals surface area contributed by atoms with Gasteiger partial charge in [0.05, 0.1) is 29.7 Å². The summed E-state index contributed by atoms with van der Waals surface area (Å²) < 4.78 is 4.69. The number of nitrogens with zero attached hydrogens (tertiary/aromatic N) is 1. The number of imidazole rings is 1. The van der Waals surface area contributed by atoms with Gasteiger partial charge >= 0.3 is 5.97 Å². The van der Waals surface area contributed by atoms with Crippen LogP contribution in [0, 0.1) is 5.92 Å². The van der Waals surface area contributed by atoms with Crippen LogP contribution in [0.4, 0.5) is 0 Å². The van der Waals surface area contributed by atoms with Crippen molar-refractivity contribution in [2.75, 3.05) is 7.11 Å². The van der Waals surface area contributed by atoms with Crippen molar-refractivity contribution in [3.05, 3.63) is 29.6 Å². The van der Waals surface area contributed by atoms with Crippen LogP contribution >= 0.6 is 12.4 Å². The Morgan fingerprint density at radius 2 is 2.15 bits per heavy atom. The van der Waals surface area contributed by atoms with Gasteiger partial charge in [0.2, 0.25) is 0 Å². The van der Waals surface area contributed by atoms with E-state index in [1.807, 2.05) is 0 Å². The molecule has 20 heavy (non-hydrogen) atoms. The molecule has 0 fully saturated rings. The summed E-state index contributed by atoms with van der Waals surface area (Å²) in [6.07, 6.45) is 0.865. The molecule has 0 saturated heterocycles. The Bertz CT molecular complexity index is 595. The van der Waals surface area contributed by atoms with Crippen molar-refractivity contribution in [1.82, 2.24) is 9.97 Å². The van der Waals surface area contributed by atoms with Crippen molar-refractivity contribution in [1.29, 1.82) is 0 Å². The lowest BCUT2D eigenvalue weighted by Crippen LogP contribution is -2.14. The average molecular weight is 298 g/mol. The summed E-state index contributed by atoms with van der Waals surface area (Å²) in [4.78, 5) is 19.1. The number of hydrogen-bond donors (Lipinski definition) is 2. The summed E-state index contributed by atoms with van der Waals surface area (Å²) in [7, 11) is 1.36. The molecule has 2 aromatic rings. The van der Waals surface area contributed by atoms with Crippen LogP contribution in [0.15, 0.2) is 18.2 Å². The van der Waals surface area contributed by atoms with Crippen LogP contribution in [-0.4, -0.2) is 23.0 Å². The SMILES string of the molecule is COC(=O)c1ccc2nc(C(N)CC(C)C)[nH]c2c1.Cl. The fraction of sp³-hybridized carbons (Fsp3) is 0.429. The standard InChI is InChI=1S/C14H19N3O2.ClH/c1-8(2)6-10(15)13-16-11-5-4-9(14(18)19-3)7-12(11)17-13;/h4-5,7-8,10H,6,15H2,1-3H3,(H,16,17);1H. The number of aromatic amines is 1. The predicted octanol–water partition coefficient (Wildman–Crippen LogP) is 2.82. The lowest BCUT2D eigenvalue weighted by molar-refractivity contribution is 0.0601. The van der Waals surface area contributed by atoms with E-state index in [-0.39, 0.29) is 24.4 Å². The van der Waals surface area contributed by atoms with Gasteiger partial charge in [0, 0.05) is 0 Å². The molecule has 2 rings (SSSR count). The highest BCUT2D eigenvalue weighted by molar-refractivity contribution is 5.93. The Morgan fingerprint density at radius 3 is 2.75 bits per heavy atom. The van der Waals surface area contributed by atoms with Crippen LogP contribution in [0.25, 0.3) is 11.0 Å². The number of carbonyl (C=O) groups excluding carboxylic acids is 1. The molecule has 0 bridgehead atoms. The quantitative estimate of drug-likeness (QED) is 0.850. The van der Waals surface area contributed by atoms with E-state index in [9.17, 15) is 4.79 Å². The van der Waals surface area contributed by atoms with Crippen molar-refractivity contribution in [2.24, 2.45) is 11.7 Å². The summed E-state index contributed by atoms with van der Waals surface area (Å²) in [5.74, 6) is 0.907. The van der Waals surface area contributed by atoms with Crippen LogP contribution in [-0.2, 0) is 4.74 Å². The first kappa shape index (κ1) is 16.5. The minimum atomic E-state index is -0.357. The zero-order valence-electron chi connectivity index (χ0n) is 11.8. The van der Waals surface area contributed by atoms with Gasteiger partial charge in [0.25, 0.3) is 0 Å². The zero-order valence-corrected chi connectivity index (χ0v) is 12.7. The predicted molar refractivity (Wildman–Crippen MR) is 81.1 cm³/mol. The lowest BCUT2D eigenvalue weighted by atomic mass is 10.0. The minimum absolute atomic E-state index is 0. The number of fused-ring (bicyclic) bond motifs is 1. The van der Waals surface area contributed by atoms with E-state index in [4.69, 9.17) is 10.5 Å². The molecule has 6 heteroatoms. The van der Waals surface area contributed by atoms with E-state index in [2.05, 4.69) is 23.8 Å². The third kappa shape index (κ3) is 3.49. The van der Waals surface area contributed by atoms with Gasteiger partial charge in [-0.25, -0.2) is 9.78 Å². The third-order valence-corrected chi connectivity index (χ3v) is 3.00. The molecule has 0 aliphatic heterocycles. The number of H-pyrrole nitrogens is 1. The van der Waals surface area contributed by atoms with Crippen LogP contribution in [0.5, 0.6) is 0 Å². The Balaban J connectivity index is 0.00000200. The first-order chi connectivity index (χ1) is 9.01. The molecule has 1 unspecified atom stereocenters. The summed E-state index contributed by atoms with van der Waals surface area (Å²) in [6, 6.07) is 5.12. The van der Waals surface area contributed by atoms with Gasteiger partial charge in [-0.3, -0.25) is 0 Å². The highest BCUT2D eigenvalue weighted by Crippen LogP contribution is 2.20. The van der Waals surface area contributed by atoms with Crippen molar-refractivity contribution in [2.45, 2.75) is 26.3 Å². The van der Waals surface area contributed by atoms with Gasteiger partial charge in [0.15, 0.2) is 0 Å². The van der Waals surface area contributed by atoms with Crippen LogP contribution < -0.4 is 5.73 Å². The Kier molecular flexibility index (Phi) is 5.53. The number of halogens is 1. The number of esters is 1. The summed E-state index contributed by atoms with van der Waals surface area (Å²) in [5.41, 5.74) is 8.21. The Morgan fingerprint density at radius 1 is 1.45 bits per heavy atom. The smallest absolute Gasteiger partial charge is 0.337 e. The van der Waals surface area contributed by atoms with Crippen LogP contribution in [0.1, 0.15) is 42.5 Å². The lowest BCUT2D eigenvalue weighted by Gasteiger charge is -2.10. The van der Waals surface area contributed by atoms with E-state index in [1.54, 1.807) is 18.2 Å². The van der Waals surface area contributed by atoms with Gasteiger partial charge in [0.1, 0.15) is 5.82 Å². The maximum absolute atomic E-state index is 11.5. The topological polar surface area (TPSA) is 81.0 Å². The van der Waals surface area contributed by atoms with Crippen LogP contribution in [0.3, 0.4) is 0 Å². The van der Waals surface area contributed by atoms with Crippen molar-refractivity contribution >= 4 is 29.4 Å². The highest BCUT2D eigenvalue weighted by Gasteiger charge is 2.14. The number of hydrogen-bond acceptors (Lipinski definition) is 4. The summed E-state index contributed by atoms with van der Waals surface area (Å²) in [6.45, 7) is 4.25. The molecule has 0 spiro atoms. The monoisotopic (exact) mass is 297 g/mol. The highest BCUT2D eigenvalue weighted by atomic mass is 35.5. The summed E-state index contributed by atoms with van der Waals surface area (Å²) >= 11 is 0. The van der Waals surface area contributed by atoms with E-state index in [0.717, 1.165) is 23.3 Å². The van der Waals surface area contributed by atoms with E-state index in [0.29, 0.717) is 11.5 Å². The number of rotatable bonds is 4. The molecule has 1 aromatic carbocycles. The number of ether oxygens (including phenoxy) is 1. The van der Waals surface area contributed by atoms with Gasteiger partial charge in [-0.1, -0.05) is 13.8 Å². The van der Waals surface area contributed by atoms with Crippen molar-refractivity contribution in [3.63, 3.8) is 0 Å². The third-order valence-electron chi connectivity index (χ3n) is 3.00. The van der Waals surface area contributed by atoms with E-state index >= 15 is 0 Å². The number of nitrogens with two attached hydrogens (primary N) is 1. The average Bonchev–Trinajstić information content (AvgIpc) is 2.79. The normalized spacial score (nSPS) is 12.2. The molecule has 0 aliphatic carbocycles. The van der Waals surface area contributed by atoms with Crippen molar-refractivity contribution in [3.8, 4) is 0 Å². The molecule has 1 heterocycles. The molecule has 0 saturated carbocycles. The molecule has 0 radical (unpaired) electrons. The van der Waals surface area contributed by atoms with E-state index < -0.39 is 0 Å². The van der Waals surface area contributed by atoms with Crippen LogP contribution in [0.2, 0.25) is 0 Å². The van der Waals surface area contributed by atoms with E-state index in [1.165, 1.54) is 7.11 Å². The molecule has 110 valence electrons. The molecular formula is C14H20ClN3O2. The molecular weight excluding hydrogens is 278 g/mol. The van der Waals surface area contributed by atoms with Gasteiger partial charge in [-0.05, 0) is 30.5 Å². The Labute approximate surface area is 124 Å². The minimum Gasteiger partial charge on any atom is -0.465 e. The number of aromatic nitrogens is 2. The maximum Gasteiger partial charge on any atom is 0.337 e. The fourth-order valence-electron chi connectivity index (χ4n) is 2.07. The maximum atomic E-state index is 11.5. The second-order valence-electron chi connectivity index (χ2n) is 5.08. The second-order valence-corrected chi connectivity index (χ2v) is 5.08. The molecule has 1 atom stereocenters. The largest absolute Gasteiger partial charge is 0.465 e. The molecule has 0 amide bonds. The first-order valence-electron chi connectivity index (χ1n) is 6.34. The molecule has 3 N–H and O–H groups in total. The van der Waals surface area contributed by atoms with Gasteiger partial charge < -0.3 is 15.5 Å². The number of benzene rings is 1. The zero-order chi connectivity index (χ0) is 14.0. The molecule has 0 aliphatic rings. The number of carbonyl (C=O) groups is 1. The second kappa shape index (κ2) is 6.72. The van der Waals surface area contributed by atoms with Crippen molar-refractivity contribution < 1.29 is 9.53 Å². The van der Waals surface area contributed by atoms with Gasteiger partial charge in [-0.15, -0.1) is 12.4 Å². The Hall–Kier alpha value is -1.59. The first-order valence-corrected chi connectivity index (χ1v) is 6.34.